The van der Waals surface area contributed by atoms with Crippen LogP contribution in [0, 0.1) is 20.8 Å². The topological polar surface area (TPSA) is 69.7 Å². The zero-order chi connectivity index (χ0) is 18.4. The highest BCUT2D eigenvalue weighted by atomic mass is 32.2. The highest BCUT2D eigenvalue weighted by molar-refractivity contribution is 7.91. The van der Waals surface area contributed by atoms with Crippen LogP contribution in [0.15, 0.2) is 47.4 Å². The van der Waals surface area contributed by atoms with Crippen LogP contribution >= 0.6 is 0 Å². The number of hydrogen-bond donors (Lipinski definition) is 0. The molecule has 0 aliphatic carbocycles. The van der Waals surface area contributed by atoms with E-state index in [2.05, 4.69) is 0 Å². The number of carbonyl (C=O) groups excluding carboxylic acids is 1. The van der Waals surface area contributed by atoms with Gasteiger partial charge in [0.1, 0.15) is 12.4 Å². The first-order chi connectivity index (χ1) is 11.8. The van der Waals surface area contributed by atoms with Gasteiger partial charge in [-0.2, -0.15) is 0 Å². The van der Waals surface area contributed by atoms with E-state index in [1.165, 1.54) is 0 Å². The maximum absolute atomic E-state index is 12.2. The summed E-state index contributed by atoms with van der Waals surface area (Å²) >= 11 is 0. The fourth-order valence-electron chi connectivity index (χ4n) is 2.33. The van der Waals surface area contributed by atoms with Crippen molar-refractivity contribution in [2.75, 3.05) is 19.0 Å². The molecule has 0 heterocycles. The number of aryl methyl sites for hydroxylation is 3. The Morgan fingerprint density at radius 2 is 1.52 bits per heavy atom. The van der Waals surface area contributed by atoms with Crippen molar-refractivity contribution >= 4 is 15.8 Å². The zero-order valence-electron chi connectivity index (χ0n) is 14.6. The third-order valence-electron chi connectivity index (χ3n) is 3.55. The molecule has 2 aromatic carbocycles. The Bertz CT molecular complexity index is 818. The van der Waals surface area contributed by atoms with Crippen LogP contribution in [0.2, 0.25) is 0 Å². The monoisotopic (exact) mass is 362 g/mol. The molecule has 0 aliphatic heterocycles. The van der Waals surface area contributed by atoms with Crippen LogP contribution in [-0.2, 0) is 19.4 Å². The van der Waals surface area contributed by atoms with E-state index in [4.69, 9.17) is 9.47 Å². The molecule has 0 fully saturated rings. The van der Waals surface area contributed by atoms with Gasteiger partial charge in [0.25, 0.3) is 0 Å². The highest BCUT2D eigenvalue weighted by Crippen LogP contribution is 2.16. The van der Waals surface area contributed by atoms with E-state index in [1.54, 1.807) is 24.3 Å². The summed E-state index contributed by atoms with van der Waals surface area (Å²) < 4.78 is 34.7. The fraction of sp³-hybridized carbons (Fsp3) is 0.316. The molecule has 2 rings (SSSR count). The summed E-state index contributed by atoms with van der Waals surface area (Å²) in [6.45, 7) is 5.30. The minimum atomic E-state index is -3.47. The zero-order valence-corrected chi connectivity index (χ0v) is 15.4. The van der Waals surface area contributed by atoms with E-state index in [9.17, 15) is 13.2 Å². The molecule has 0 aromatic heterocycles. The third kappa shape index (κ3) is 5.90. The second-order valence-corrected chi connectivity index (χ2v) is 8.07. The van der Waals surface area contributed by atoms with Crippen molar-refractivity contribution in [1.29, 1.82) is 0 Å². The van der Waals surface area contributed by atoms with Crippen molar-refractivity contribution in [1.82, 2.24) is 0 Å². The van der Waals surface area contributed by atoms with Crippen LogP contribution in [0.3, 0.4) is 0 Å². The summed E-state index contributed by atoms with van der Waals surface area (Å²) in [5.41, 5.74) is 3.05. The van der Waals surface area contributed by atoms with Crippen molar-refractivity contribution in [3.63, 3.8) is 0 Å². The van der Waals surface area contributed by atoms with Crippen molar-refractivity contribution in [3.8, 4) is 5.75 Å². The van der Waals surface area contributed by atoms with Crippen LogP contribution in [0.4, 0.5) is 0 Å². The average molecular weight is 362 g/mol. The molecule has 0 N–H and O–H groups in total. The molecule has 0 saturated heterocycles. The van der Waals surface area contributed by atoms with Crippen molar-refractivity contribution in [2.24, 2.45) is 0 Å². The van der Waals surface area contributed by atoms with Gasteiger partial charge in [-0.3, -0.25) is 0 Å². The summed E-state index contributed by atoms with van der Waals surface area (Å²) in [5, 5.41) is 0. The van der Waals surface area contributed by atoms with Gasteiger partial charge >= 0.3 is 5.97 Å². The predicted octanol–water partition coefficient (Wildman–Crippen LogP) is 3.01. The third-order valence-corrected chi connectivity index (χ3v) is 5.24. The molecule has 0 spiro atoms. The Morgan fingerprint density at radius 3 is 2.12 bits per heavy atom. The molecule has 0 unspecified atom stereocenters. The van der Waals surface area contributed by atoms with Crippen LogP contribution in [-0.4, -0.2) is 33.4 Å². The Kier molecular flexibility index (Phi) is 6.20. The molecule has 0 bridgehead atoms. The van der Waals surface area contributed by atoms with Gasteiger partial charge in [0, 0.05) is 0 Å². The van der Waals surface area contributed by atoms with E-state index in [0.717, 1.165) is 16.7 Å². The summed E-state index contributed by atoms with van der Waals surface area (Å²) in [4.78, 5) is 11.9. The minimum Gasteiger partial charge on any atom is -0.482 e. The summed E-state index contributed by atoms with van der Waals surface area (Å²) in [6, 6.07) is 12.2. The van der Waals surface area contributed by atoms with Crippen LogP contribution in [0.1, 0.15) is 16.7 Å². The minimum absolute atomic E-state index is 0.203. The molecule has 0 radical (unpaired) electrons. The molecule has 0 aliphatic rings. The first-order valence-electron chi connectivity index (χ1n) is 7.92. The average Bonchev–Trinajstić information content (AvgIpc) is 2.52. The van der Waals surface area contributed by atoms with Crippen LogP contribution in [0.25, 0.3) is 0 Å². The summed E-state index contributed by atoms with van der Waals surface area (Å²) in [5.74, 6) is -0.272. The van der Waals surface area contributed by atoms with Gasteiger partial charge < -0.3 is 9.47 Å². The van der Waals surface area contributed by atoms with E-state index >= 15 is 0 Å². The van der Waals surface area contributed by atoms with Crippen LogP contribution in [0.5, 0.6) is 5.75 Å². The molecule has 25 heavy (non-hydrogen) atoms. The van der Waals surface area contributed by atoms with E-state index in [0.29, 0.717) is 5.75 Å². The van der Waals surface area contributed by atoms with Crippen LogP contribution < -0.4 is 4.74 Å². The molecule has 2 aromatic rings. The first kappa shape index (κ1) is 19.0. The number of hydrogen-bond acceptors (Lipinski definition) is 5. The highest BCUT2D eigenvalue weighted by Gasteiger charge is 2.15. The number of sulfone groups is 1. The number of rotatable bonds is 7. The van der Waals surface area contributed by atoms with Gasteiger partial charge in [-0.15, -0.1) is 0 Å². The molecule has 5 nitrogen and oxygen atoms in total. The molecule has 6 heteroatoms. The standard InChI is InChI=1S/C19H22O5S/c1-14-4-6-18(7-5-14)25(21,22)9-8-23-19(20)13-24-17-11-15(2)10-16(3)12-17/h4-7,10-12H,8-9,13H2,1-3H3. The normalized spacial score (nSPS) is 11.2. The smallest absolute Gasteiger partial charge is 0.344 e. The van der Waals surface area contributed by atoms with Gasteiger partial charge in [0.15, 0.2) is 16.4 Å². The Hall–Kier alpha value is -2.34. The summed E-state index contributed by atoms with van der Waals surface area (Å²) in [6.07, 6.45) is 0. The molecular weight excluding hydrogens is 340 g/mol. The van der Waals surface area contributed by atoms with E-state index < -0.39 is 15.8 Å². The Morgan fingerprint density at radius 1 is 0.920 bits per heavy atom. The van der Waals surface area contributed by atoms with Gasteiger partial charge in [0.05, 0.1) is 10.6 Å². The van der Waals surface area contributed by atoms with Crippen molar-refractivity contribution in [3.05, 3.63) is 59.2 Å². The molecule has 0 saturated carbocycles. The number of esters is 1. The number of ether oxygens (including phenoxy) is 2. The first-order valence-corrected chi connectivity index (χ1v) is 9.58. The van der Waals surface area contributed by atoms with Gasteiger partial charge in [-0.25, -0.2) is 13.2 Å². The Labute approximate surface area is 148 Å². The van der Waals surface area contributed by atoms with Crippen molar-refractivity contribution < 1.29 is 22.7 Å². The SMILES string of the molecule is Cc1ccc(S(=O)(=O)CCOC(=O)COc2cc(C)cc(C)c2)cc1. The predicted molar refractivity (Wildman–Crippen MR) is 95.6 cm³/mol. The van der Waals surface area contributed by atoms with E-state index in [1.807, 2.05) is 39.0 Å². The fourth-order valence-corrected chi connectivity index (χ4v) is 3.42. The van der Waals surface area contributed by atoms with E-state index in [-0.39, 0.29) is 23.9 Å². The maximum Gasteiger partial charge on any atom is 0.344 e. The Balaban J connectivity index is 1.81. The largest absolute Gasteiger partial charge is 0.482 e. The lowest BCUT2D eigenvalue weighted by Gasteiger charge is -2.09. The van der Waals surface area contributed by atoms with Gasteiger partial charge in [-0.1, -0.05) is 23.8 Å². The van der Waals surface area contributed by atoms with Crippen molar-refractivity contribution in [2.45, 2.75) is 25.7 Å². The lowest BCUT2D eigenvalue weighted by Crippen LogP contribution is -2.20. The molecule has 0 atom stereocenters. The van der Waals surface area contributed by atoms with Gasteiger partial charge in [0.2, 0.25) is 0 Å². The number of carbonyl (C=O) groups is 1. The number of benzene rings is 2. The lowest BCUT2D eigenvalue weighted by atomic mass is 10.1. The second kappa shape index (κ2) is 8.16. The second-order valence-electron chi connectivity index (χ2n) is 5.96. The van der Waals surface area contributed by atoms with Gasteiger partial charge in [-0.05, 0) is 56.2 Å². The quantitative estimate of drug-likeness (QED) is 0.708. The lowest BCUT2D eigenvalue weighted by molar-refractivity contribution is -0.145. The maximum atomic E-state index is 12.2. The molecule has 134 valence electrons. The molecule has 0 amide bonds. The molecular formula is C19H22O5S. The summed E-state index contributed by atoms with van der Waals surface area (Å²) in [7, 11) is -3.47.